The van der Waals surface area contributed by atoms with Gasteiger partial charge in [0.25, 0.3) is 0 Å². The van der Waals surface area contributed by atoms with Gasteiger partial charge in [0.15, 0.2) is 0 Å². The van der Waals surface area contributed by atoms with Crippen LogP contribution in [0.25, 0.3) is 17.5 Å². The molecule has 0 saturated heterocycles. The summed E-state index contributed by atoms with van der Waals surface area (Å²) in [7, 11) is 0. The van der Waals surface area contributed by atoms with Crippen LogP contribution in [0.2, 0.25) is 5.02 Å². The molecule has 8 heteroatoms. The Labute approximate surface area is 174 Å². The van der Waals surface area contributed by atoms with Gasteiger partial charge in [-0.05, 0) is 60.1 Å². The van der Waals surface area contributed by atoms with Crippen LogP contribution >= 0.6 is 38.9 Å². The summed E-state index contributed by atoms with van der Waals surface area (Å²) in [6.45, 7) is 4.12. The van der Waals surface area contributed by atoms with Crippen molar-refractivity contribution in [3.05, 3.63) is 62.1 Å². The quantitative estimate of drug-likeness (QED) is 0.440. The van der Waals surface area contributed by atoms with Crippen molar-refractivity contribution in [3.8, 4) is 11.5 Å². The van der Waals surface area contributed by atoms with E-state index in [-0.39, 0.29) is 18.5 Å². The Kier molecular flexibility index (Phi) is 6.46. The lowest BCUT2D eigenvalue weighted by Gasteiger charge is -2.23. The third-order valence-electron chi connectivity index (χ3n) is 3.77. The van der Waals surface area contributed by atoms with Crippen molar-refractivity contribution in [2.75, 3.05) is 0 Å². The number of hydrogen-bond acceptors (Lipinski definition) is 5. The third kappa shape index (κ3) is 5.06. The van der Waals surface area contributed by atoms with Gasteiger partial charge in [0, 0.05) is 17.0 Å². The molecule has 1 aromatic carbocycles. The normalized spacial score (nSPS) is 11.4. The van der Waals surface area contributed by atoms with E-state index in [1.54, 1.807) is 34.5 Å². The second kappa shape index (κ2) is 8.82. The number of benzene rings is 1. The lowest BCUT2D eigenvalue weighted by atomic mass is 10.2. The fraction of sp³-hybridized carbons (Fsp3) is 0.211. The molecule has 0 bridgehead atoms. The van der Waals surface area contributed by atoms with E-state index in [0.717, 1.165) is 8.66 Å². The van der Waals surface area contributed by atoms with Crippen LogP contribution in [0.1, 0.15) is 24.6 Å². The minimum atomic E-state index is -0.119. The zero-order valence-corrected chi connectivity index (χ0v) is 17.9. The minimum absolute atomic E-state index is 0.0205. The number of halogens is 2. The van der Waals surface area contributed by atoms with Crippen molar-refractivity contribution in [2.24, 2.45) is 0 Å². The molecule has 140 valence electrons. The first-order valence-corrected chi connectivity index (χ1v) is 10.2. The van der Waals surface area contributed by atoms with Crippen molar-refractivity contribution in [3.63, 3.8) is 0 Å². The highest BCUT2D eigenvalue weighted by Gasteiger charge is 2.19. The van der Waals surface area contributed by atoms with Gasteiger partial charge in [-0.1, -0.05) is 23.7 Å². The van der Waals surface area contributed by atoms with E-state index in [0.29, 0.717) is 22.4 Å². The minimum Gasteiger partial charge on any atom is -0.419 e. The van der Waals surface area contributed by atoms with Gasteiger partial charge >= 0.3 is 0 Å². The Hall–Kier alpha value is -1.96. The SMILES string of the molecule is CC(C)N(Cc1nnc(-c2ccccc2Cl)o1)C(=O)/C=C/c1ccc(Br)s1. The van der Waals surface area contributed by atoms with Crippen LogP contribution in [-0.2, 0) is 11.3 Å². The van der Waals surface area contributed by atoms with E-state index in [1.807, 2.05) is 44.2 Å². The predicted molar refractivity (Wildman–Crippen MR) is 111 cm³/mol. The van der Waals surface area contributed by atoms with Gasteiger partial charge in [0.2, 0.25) is 17.7 Å². The molecule has 0 N–H and O–H groups in total. The Morgan fingerprint density at radius 3 is 2.74 bits per heavy atom. The van der Waals surface area contributed by atoms with E-state index in [2.05, 4.69) is 26.1 Å². The van der Waals surface area contributed by atoms with Crippen LogP contribution in [0, 0.1) is 0 Å². The average molecular weight is 467 g/mol. The first-order chi connectivity index (χ1) is 12.9. The Bertz CT molecular complexity index is 967. The molecule has 0 atom stereocenters. The number of nitrogens with zero attached hydrogens (tertiary/aromatic N) is 3. The molecule has 0 aliphatic rings. The summed E-state index contributed by atoms with van der Waals surface area (Å²) >= 11 is 11.1. The van der Waals surface area contributed by atoms with Crippen molar-refractivity contribution in [1.29, 1.82) is 0 Å². The number of thiophene rings is 1. The smallest absolute Gasteiger partial charge is 0.249 e. The lowest BCUT2D eigenvalue weighted by molar-refractivity contribution is -0.128. The zero-order chi connectivity index (χ0) is 19.4. The lowest BCUT2D eigenvalue weighted by Crippen LogP contribution is -2.35. The van der Waals surface area contributed by atoms with Crippen LogP contribution in [-0.4, -0.2) is 27.0 Å². The molecule has 0 aliphatic carbocycles. The summed E-state index contributed by atoms with van der Waals surface area (Å²) in [6, 6.07) is 11.1. The van der Waals surface area contributed by atoms with Crippen LogP contribution in [0.3, 0.4) is 0 Å². The fourth-order valence-electron chi connectivity index (χ4n) is 2.39. The molecule has 0 aliphatic heterocycles. The molecule has 0 fully saturated rings. The van der Waals surface area contributed by atoms with Crippen molar-refractivity contribution >= 4 is 50.9 Å². The van der Waals surface area contributed by atoms with E-state index >= 15 is 0 Å². The number of amides is 1. The van der Waals surface area contributed by atoms with E-state index < -0.39 is 0 Å². The van der Waals surface area contributed by atoms with Crippen LogP contribution in [0.4, 0.5) is 0 Å². The Morgan fingerprint density at radius 2 is 2.07 bits per heavy atom. The van der Waals surface area contributed by atoms with Crippen molar-refractivity contribution < 1.29 is 9.21 Å². The second-order valence-electron chi connectivity index (χ2n) is 6.02. The first kappa shape index (κ1) is 19.8. The van der Waals surface area contributed by atoms with Crippen LogP contribution in [0.5, 0.6) is 0 Å². The predicted octanol–water partition coefficient (Wildman–Crippen LogP) is 5.66. The number of carbonyl (C=O) groups is 1. The van der Waals surface area contributed by atoms with E-state index in [9.17, 15) is 4.79 Å². The summed E-state index contributed by atoms with van der Waals surface area (Å²) in [5, 5.41) is 8.65. The third-order valence-corrected chi connectivity index (χ3v) is 5.69. The monoisotopic (exact) mass is 465 g/mol. The largest absolute Gasteiger partial charge is 0.419 e. The maximum absolute atomic E-state index is 12.6. The highest BCUT2D eigenvalue weighted by molar-refractivity contribution is 9.11. The highest BCUT2D eigenvalue weighted by atomic mass is 79.9. The standard InChI is InChI=1S/C19H17BrClN3O2S/c1-12(2)24(18(25)10-8-13-7-9-16(20)27-13)11-17-22-23-19(26-17)14-5-3-4-6-15(14)21/h3-10,12H,11H2,1-2H3/b10-8+. The van der Waals surface area contributed by atoms with E-state index in [1.165, 1.54) is 0 Å². The van der Waals surface area contributed by atoms with Crippen molar-refractivity contribution in [1.82, 2.24) is 15.1 Å². The maximum Gasteiger partial charge on any atom is 0.249 e. The molecule has 0 radical (unpaired) electrons. The molecule has 2 aromatic heterocycles. The summed E-state index contributed by atoms with van der Waals surface area (Å²) in [6.07, 6.45) is 3.36. The zero-order valence-electron chi connectivity index (χ0n) is 14.7. The Balaban J connectivity index is 1.74. The van der Waals surface area contributed by atoms with Gasteiger partial charge in [0.1, 0.15) is 0 Å². The number of carbonyl (C=O) groups excluding carboxylic acids is 1. The second-order valence-corrected chi connectivity index (χ2v) is 8.92. The topological polar surface area (TPSA) is 59.2 Å². The van der Waals surface area contributed by atoms with Gasteiger partial charge in [-0.3, -0.25) is 4.79 Å². The summed E-state index contributed by atoms with van der Waals surface area (Å²) in [4.78, 5) is 15.3. The molecule has 5 nitrogen and oxygen atoms in total. The van der Waals surface area contributed by atoms with Gasteiger partial charge < -0.3 is 9.32 Å². The molecule has 3 aromatic rings. The van der Waals surface area contributed by atoms with Gasteiger partial charge in [0.05, 0.1) is 20.9 Å². The fourth-order valence-corrected chi connectivity index (χ4v) is 3.93. The van der Waals surface area contributed by atoms with Crippen molar-refractivity contribution in [2.45, 2.75) is 26.4 Å². The van der Waals surface area contributed by atoms with Gasteiger partial charge in [-0.15, -0.1) is 21.5 Å². The molecule has 27 heavy (non-hydrogen) atoms. The molecule has 2 heterocycles. The number of aromatic nitrogens is 2. The Morgan fingerprint density at radius 1 is 1.30 bits per heavy atom. The summed E-state index contributed by atoms with van der Waals surface area (Å²) in [5.74, 6) is 0.581. The number of rotatable bonds is 6. The van der Waals surface area contributed by atoms with E-state index in [4.69, 9.17) is 16.0 Å². The van der Waals surface area contributed by atoms with Gasteiger partial charge in [-0.25, -0.2) is 0 Å². The van der Waals surface area contributed by atoms with Gasteiger partial charge in [-0.2, -0.15) is 0 Å². The molecular formula is C19H17BrClN3O2S. The summed E-state index contributed by atoms with van der Waals surface area (Å²) in [5.41, 5.74) is 0.670. The average Bonchev–Trinajstić information content (AvgIpc) is 3.26. The highest BCUT2D eigenvalue weighted by Crippen LogP contribution is 2.27. The molecule has 1 amide bonds. The van der Waals surface area contributed by atoms with Crippen LogP contribution < -0.4 is 0 Å². The number of hydrogen-bond donors (Lipinski definition) is 0. The molecule has 0 saturated carbocycles. The summed E-state index contributed by atoms with van der Waals surface area (Å²) < 4.78 is 6.74. The molecule has 3 rings (SSSR count). The first-order valence-electron chi connectivity index (χ1n) is 8.25. The van der Waals surface area contributed by atoms with Crippen LogP contribution in [0.15, 0.2) is 50.7 Å². The maximum atomic E-state index is 12.6. The molecule has 0 spiro atoms. The molecular weight excluding hydrogens is 450 g/mol. The molecule has 0 unspecified atom stereocenters.